The van der Waals surface area contributed by atoms with Crippen LogP contribution in [0.3, 0.4) is 0 Å². The van der Waals surface area contributed by atoms with Crippen molar-refractivity contribution in [3.8, 4) is 0 Å². The van der Waals surface area contributed by atoms with E-state index in [-0.39, 0.29) is 42.1 Å². The maximum atomic E-state index is 12.9. The highest BCUT2D eigenvalue weighted by atomic mass is 16.2. The van der Waals surface area contributed by atoms with Gasteiger partial charge >= 0.3 is 0 Å². The van der Waals surface area contributed by atoms with Crippen molar-refractivity contribution in [1.29, 1.82) is 0 Å². The zero-order chi connectivity index (χ0) is 22.7. The molecule has 3 atom stereocenters. The maximum Gasteiger partial charge on any atom is 0.253 e. The molecule has 0 bridgehead atoms. The summed E-state index contributed by atoms with van der Waals surface area (Å²) in [4.78, 5) is 51.8. The molecule has 7 heteroatoms. The Kier molecular flexibility index (Phi) is 6.16. The van der Waals surface area contributed by atoms with Crippen molar-refractivity contribution in [2.24, 2.45) is 11.8 Å². The molecule has 0 aromatic heterocycles. The summed E-state index contributed by atoms with van der Waals surface area (Å²) < 4.78 is 0. The van der Waals surface area contributed by atoms with Crippen LogP contribution in [0, 0.1) is 11.8 Å². The Balaban J connectivity index is 1.43. The average Bonchev–Trinajstić information content (AvgIpc) is 3.05. The van der Waals surface area contributed by atoms with Crippen LogP contribution in [-0.2, 0) is 14.4 Å². The van der Waals surface area contributed by atoms with Crippen LogP contribution in [0.2, 0.25) is 0 Å². The van der Waals surface area contributed by atoms with Crippen molar-refractivity contribution in [2.45, 2.75) is 25.8 Å². The van der Waals surface area contributed by atoms with E-state index in [1.54, 1.807) is 24.3 Å². The first-order chi connectivity index (χ1) is 15.5. The van der Waals surface area contributed by atoms with Gasteiger partial charge in [0.05, 0.1) is 29.1 Å². The van der Waals surface area contributed by atoms with Crippen LogP contribution in [0.5, 0.6) is 0 Å². The fraction of sp³-hybridized carbons (Fsp3) is 0.280. The van der Waals surface area contributed by atoms with Crippen LogP contribution in [0.1, 0.15) is 41.7 Å². The van der Waals surface area contributed by atoms with Gasteiger partial charge in [-0.3, -0.25) is 24.1 Å². The van der Waals surface area contributed by atoms with E-state index < -0.39 is 5.91 Å². The summed E-state index contributed by atoms with van der Waals surface area (Å²) in [6.45, 7) is 1.52. The predicted octanol–water partition coefficient (Wildman–Crippen LogP) is 3.07. The van der Waals surface area contributed by atoms with Crippen molar-refractivity contribution in [1.82, 2.24) is 10.2 Å². The van der Waals surface area contributed by atoms with E-state index >= 15 is 0 Å². The number of benzene rings is 2. The second-order valence-corrected chi connectivity index (χ2v) is 8.12. The molecule has 1 aliphatic carbocycles. The normalized spacial score (nSPS) is 20.6. The van der Waals surface area contributed by atoms with Crippen molar-refractivity contribution >= 4 is 29.3 Å². The molecule has 164 valence electrons. The second-order valence-electron chi connectivity index (χ2n) is 8.12. The molecular formula is C25H25N3O4. The Bertz CT molecular complexity index is 1050. The number of rotatable bonds is 6. The monoisotopic (exact) mass is 431 g/mol. The largest absolute Gasteiger partial charge is 0.345 e. The number of carbonyl (C=O) groups excluding carboxylic acids is 4. The zero-order valence-electron chi connectivity index (χ0n) is 17.8. The number of hydrogen-bond acceptors (Lipinski definition) is 4. The topological polar surface area (TPSA) is 95.6 Å². The van der Waals surface area contributed by atoms with Gasteiger partial charge in [-0.1, -0.05) is 54.6 Å². The smallest absolute Gasteiger partial charge is 0.253 e. The molecule has 0 spiro atoms. The summed E-state index contributed by atoms with van der Waals surface area (Å²) in [5, 5.41) is 5.62. The molecule has 32 heavy (non-hydrogen) atoms. The first kappa shape index (κ1) is 21.5. The lowest BCUT2D eigenvalue weighted by molar-refractivity contribution is -0.142. The molecule has 1 saturated heterocycles. The third kappa shape index (κ3) is 4.32. The minimum atomic E-state index is -0.519. The first-order valence-corrected chi connectivity index (χ1v) is 10.7. The van der Waals surface area contributed by atoms with Gasteiger partial charge in [-0.25, -0.2) is 0 Å². The number of anilines is 1. The van der Waals surface area contributed by atoms with Crippen LogP contribution >= 0.6 is 0 Å². The van der Waals surface area contributed by atoms with E-state index in [4.69, 9.17) is 0 Å². The Morgan fingerprint density at radius 3 is 2.19 bits per heavy atom. The standard InChI is InChI=1S/C25H25N3O4/c1-16(17-9-3-2-4-10-17)26-23(30)20-13-7-8-14-21(20)27-22(29)15-28-24(31)18-11-5-6-12-19(18)25(28)32/h2-10,13-14,16,18-19H,11-12,15H2,1H3,(H,26,30)(H,27,29)/t16-,18-,19-/m0/s1. The van der Waals surface area contributed by atoms with Gasteiger partial charge in [-0.05, 0) is 37.5 Å². The number of fused-ring (bicyclic) bond motifs is 1. The average molecular weight is 431 g/mol. The number of imide groups is 1. The molecule has 2 aliphatic rings. The number of nitrogens with zero attached hydrogens (tertiary/aromatic N) is 1. The number of para-hydroxylation sites is 1. The SMILES string of the molecule is C[C@H](NC(=O)c1ccccc1NC(=O)CN1C(=O)[C@H]2CC=CC[C@@H]2C1=O)c1ccccc1. The minimum Gasteiger partial charge on any atom is -0.345 e. The van der Waals surface area contributed by atoms with E-state index in [0.29, 0.717) is 24.1 Å². The van der Waals surface area contributed by atoms with Crippen molar-refractivity contribution in [3.63, 3.8) is 0 Å². The van der Waals surface area contributed by atoms with Crippen LogP contribution < -0.4 is 10.6 Å². The van der Waals surface area contributed by atoms with Gasteiger partial charge < -0.3 is 10.6 Å². The fourth-order valence-electron chi connectivity index (χ4n) is 4.25. The molecule has 2 N–H and O–H groups in total. The van der Waals surface area contributed by atoms with Crippen molar-refractivity contribution < 1.29 is 19.2 Å². The predicted molar refractivity (Wildman–Crippen MR) is 119 cm³/mol. The molecule has 4 rings (SSSR count). The van der Waals surface area contributed by atoms with Crippen LogP contribution in [0.25, 0.3) is 0 Å². The third-order valence-corrected chi connectivity index (χ3v) is 5.99. The van der Waals surface area contributed by atoms with Gasteiger partial charge in [-0.2, -0.15) is 0 Å². The highest BCUT2D eigenvalue weighted by Gasteiger charge is 2.47. The Morgan fingerprint density at radius 1 is 0.938 bits per heavy atom. The van der Waals surface area contributed by atoms with Crippen LogP contribution in [0.15, 0.2) is 66.7 Å². The van der Waals surface area contributed by atoms with E-state index in [1.807, 2.05) is 49.4 Å². The molecule has 1 heterocycles. The first-order valence-electron chi connectivity index (χ1n) is 10.7. The van der Waals surface area contributed by atoms with Gasteiger partial charge in [0, 0.05) is 0 Å². The van der Waals surface area contributed by atoms with Crippen molar-refractivity contribution in [3.05, 3.63) is 77.9 Å². The molecule has 1 fully saturated rings. The van der Waals surface area contributed by atoms with E-state index in [9.17, 15) is 19.2 Å². The summed E-state index contributed by atoms with van der Waals surface area (Å²) in [6, 6.07) is 16.0. The number of hydrogen-bond donors (Lipinski definition) is 2. The maximum absolute atomic E-state index is 12.9. The van der Waals surface area contributed by atoms with Crippen LogP contribution in [-0.4, -0.2) is 35.1 Å². The highest BCUT2D eigenvalue weighted by Crippen LogP contribution is 2.34. The Hall–Kier alpha value is -3.74. The number of likely N-dealkylation sites (tertiary alicyclic amines) is 1. The molecule has 2 aromatic carbocycles. The Labute approximate surface area is 186 Å². The number of carbonyl (C=O) groups is 4. The molecule has 7 nitrogen and oxygen atoms in total. The number of amides is 4. The lowest BCUT2D eigenvalue weighted by atomic mass is 9.85. The quantitative estimate of drug-likeness (QED) is 0.543. The van der Waals surface area contributed by atoms with Gasteiger partial charge in [0.25, 0.3) is 5.91 Å². The lowest BCUT2D eigenvalue weighted by Gasteiger charge is -2.18. The van der Waals surface area contributed by atoms with Gasteiger partial charge in [-0.15, -0.1) is 0 Å². The van der Waals surface area contributed by atoms with Gasteiger partial charge in [0.2, 0.25) is 17.7 Å². The number of allylic oxidation sites excluding steroid dienone is 2. The lowest BCUT2D eigenvalue weighted by Crippen LogP contribution is -2.38. The number of nitrogens with one attached hydrogen (secondary N) is 2. The molecular weight excluding hydrogens is 406 g/mol. The van der Waals surface area contributed by atoms with E-state index in [2.05, 4.69) is 10.6 Å². The fourth-order valence-corrected chi connectivity index (χ4v) is 4.25. The molecule has 4 amide bonds. The summed E-state index contributed by atoms with van der Waals surface area (Å²) in [5.74, 6) is -2.21. The van der Waals surface area contributed by atoms with Crippen molar-refractivity contribution in [2.75, 3.05) is 11.9 Å². The molecule has 1 aliphatic heterocycles. The Morgan fingerprint density at radius 2 is 1.53 bits per heavy atom. The highest BCUT2D eigenvalue weighted by molar-refractivity contribution is 6.10. The van der Waals surface area contributed by atoms with E-state index in [1.165, 1.54) is 0 Å². The minimum absolute atomic E-state index is 0.218. The molecule has 0 radical (unpaired) electrons. The van der Waals surface area contributed by atoms with E-state index in [0.717, 1.165) is 10.5 Å². The summed E-state index contributed by atoms with van der Waals surface area (Å²) in [5.41, 5.74) is 1.60. The van der Waals surface area contributed by atoms with Crippen LogP contribution in [0.4, 0.5) is 5.69 Å². The van der Waals surface area contributed by atoms with Gasteiger partial charge in [0.1, 0.15) is 6.54 Å². The summed E-state index contributed by atoms with van der Waals surface area (Å²) in [7, 11) is 0. The molecule has 2 aromatic rings. The summed E-state index contributed by atoms with van der Waals surface area (Å²) in [6.07, 6.45) is 4.86. The summed E-state index contributed by atoms with van der Waals surface area (Å²) >= 11 is 0. The second kappa shape index (κ2) is 9.18. The molecule has 0 unspecified atom stereocenters. The van der Waals surface area contributed by atoms with Gasteiger partial charge in [0.15, 0.2) is 0 Å². The molecule has 0 saturated carbocycles. The third-order valence-electron chi connectivity index (χ3n) is 5.99. The zero-order valence-corrected chi connectivity index (χ0v) is 17.8.